The standard InChI is InChI=1S/C22H23N3O5/c1-3-30-14-4-13-24-21(26)19(16-7-11-18(12-8-16)25(28)29)20(22(24)27)23-17-9-5-15(2)6-10-17/h5-12,23H,3-4,13-14H2,1-2H3. The minimum Gasteiger partial charge on any atom is -0.382 e. The molecule has 2 aromatic carbocycles. The second kappa shape index (κ2) is 9.32. The van der Waals surface area contributed by atoms with Gasteiger partial charge < -0.3 is 10.1 Å². The molecule has 0 bridgehead atoms. The van der Waals surface area contributed by atoms with Crippen molar-refractivity contribution in [3.05, 3.63) is 75.5 Å². The number of benzene rings is 2. The number of amides is 2. The van der Waals surface area contributed by atoms with Crippen molar-refractivity contribution in [1.82, 2.24) is 4.90 Å². The predicted octanol–water partition coefficient (Wildman–Crippen LogP) is 3.52. The molecule has 2 amide bonds. The lowest BCUT2D eigenvalue weighted by molar-refractivity contribution is -0.384. The number of carbonyl (C=O) groups is 2. The van der Waals surface area contributed by atoms with Crippen LogP contribution < -0.4 is 5.32 Å². The van der Waals surface area contributed by atoms with Crippen molar-refractivity contribution in [3.63, 3.8) is 0 Å². The van der Waals surface area contributed by atoms with Gasteiger partial charge in [-0.3, -0.25) is 24.6 Å². The zero-order valence-electron chi connectivity index (χ0n) is 16.9. The molecule has 1 heterocycles. The number of nitro groups is 1. The van der Waals surface area contributed by atoms with Crippen LogP contribution in [0.15, 0.2) is 54.2 Å². The topological polar surface area (TPSA) is 102 Å². The van der Waals surface area contributed by atoms with Crippen molar-refractivity contribution in [2.45, 2.75) is 20.3 Å². The van der Waals surface area contributed by atoms with E-state index in [-0.39, 0.29) is 23.5 Å². The molecule has 8 nitrogen and oxygen atoms in total. The van der Waals surface area contributed by atoms with Gasteiger partial charge in [-0.25, -0.2) is 0 Å². The number of nitro benzene ring substituents is 1. The van der Waals surface area contributed by atoms with E-state index in [0.29, 0.717) is 30.9 Å². The third-order valence-corrected chi connectivity index (χ3v) is 4.73. The second-order valence-corrected chi connectivity index (χ2v) is 6.86. The van der Waals surface area contributed by atoms with E-state index in [1.54, 1.807) is 0 Å². The van der Waals surface area contributed by atoms with Gasteiger partial charge in [0.05, 0.1) is 10.5 Å². The van der Waals surface area contributed by atoms with Crippen molar-refractivity contribution >= 4 is 28.8 Å². The van der Waals surface area contributed by atoms with E-state index in [9.17, 15) is 19.7 Å². The summed E-state index contributed by atoms with van der Waals surface area (Å²) in [5.74, 6) is -0.856. The van der Waals surface area contributed by atoms with E-state index in [0.717, 1.165) is 5.56 Å². The number of aryl methyl sites for hydroxylation is 1. The van der Waals surface area contributed by atoms with Crippen molar-refractivity contribution in [3.8, 4) is 0 Å². The fourth-order valence-corrected chi connectivity index (χ4v) is 3.16. The number of hydrogen-bond acceptors (Lipinski definition) is 6. The van der Waals surface area contributed by atoms with Crippen LogP contribution in [0.25, 0.3) is 5.57 Å². The summed E-state index contributed by atoms with van der Waals surface area (Å²) in [5.41, 5.74) is 2.46. The number of non-ortho nitro benzene ring substituents is 1. The van der Waals surface area contributed by atoms with Crippen LogP contribution in [0.2, 0.25) is 0 Å². The quantitative estimate of drug-likeness (QED) is 0.294. The Morgan fingerprint density at radius 2 is 1.70 bits per heavy atom. The first kappa shape index (κ1) is 21.2. The average molecular weight is 409 g/mol. The molecule has 0 aromatic heterocycles. The molecule has 0 radical (unpaired) electrons. The molecule has 0 saturated carbocycles. The normalized spacial score (nSPS) is 13.9. The van der Waals surface area contributed by atoms with Gasteiger partial charge in [0.25, 0.3) is 17.5 Å². The highest BCUT2D eigenvalue weighted by Crippen LogP contribution is 2.31. The molecule has 1 aliphatic rings. The zero-order chi connectivity index (χ0) is 21.7. The van der Waals surface area contributed by atoms with E-state index in [4.69, 9.17) is 4.74 Å². The van der Waals surface area contributed by atoms with E-state index >= 15 is 0 Å². The second-order valence-electron chi connectivity index (χ2n) is 6.86. The van der Waals surface area contributed by atoms with Gasteiger partial charge in [-0.1, -0.05) is 17.7 Å². The monoisotopic (exact) mass is 409 g/mol. The molecular weight excluding hydrogens is 386 g/mol. The molecule has 2 aromatic rings. The Morgan fingerprint density at radius 1 is 1.03 bits per heavy atom. The number of carbonyl (C=O) groups excluding carboxylic acids is 2. The Labute approximate surface area is 174 Å². The maximum absolute atomic E-state index is 13.1. The van der Waals surface area contributed by atoms with Gasteiger partial charge in [-0.15, -0.1) is 0 Å². The van der Waals surface area contributed by atoms with E-state index < -0.39 is 16.7 Å². The lowest BCUT2D eigenvalue weighted by Gasteiger charge is -2.15. The Kier molecular flexibility index (Phi) is 6.58. The van der Waals surface area contributed by atoms with Gasteiger partial charge in [0.15, 0.2) is 0 Å². The van der Waals surface area contributed by atoms with Crippen molar-refractivity contribution < 1.29 is 19.2 Å². The summed E-state index contributed by atoms with van der Waals surface area (Å²) in [6.45, 7) is 5.07. The van der Waals surface area contributed by atoms with Gasteiger partial charge in [0.2, 0.25) is 0 Å². The van der Waals surface area contributed by atoms with Gasteiger partial charge >= 0.3 is 0 Å². The minimum atomic E-state index is -0.509. The number of ether oxygens (including phenoxy) is 1. The highest BCUT2D eigenvalue weighted by molar-refractivity contribution is 6.36. The van der Waals surface area contributed by atoms with Crippen LogP contribution in [-0.2, 0) is 14.3 Å². The first-order chi connectivity index (χ1) is 14.4. The number of imide groups is 1. The van der Waals surface area contributed by atoms with Crippen LogP contribution >= 0.6 is 0 Å². The maximum Gasteiger partial charge on any atom is 0.278 e. The molecule has 0 unspecified atom stereocenters. The minimum absolute atomic E-state index is 0.0854. The van der Waals surface area contributed by atoms with Gasteiger partial charge in [-0.2, -0.15) is 0 Å². The summed E-state index contributed by atoms with van der Waals surface area (Å²) in [6.07, 6.45) is 0.524. The number of rotatable bonds is 9. The fraction of sp³-hybridized carbons (Fsp3) is 0.273. The summed E-state index contributed by atoms with van der Waals surface area (Å²) in [7, 11) is 0. The summed E-state index contributed by atoms with van der Waals surface area (Å²) in [5, 5.41) is 14.0. The zero-order valence-corrected chi connectivity index (χ0v) is 16.9. The highest BCUT2D eigenvalue weighted by atomic mass is 16.6. The summed E-state index contributed by atoms with van der Waals surface area (Å²) >= 11 is 0. The molecule has 1 aliphatic heterocycles. The van der Waals surface area contributed by atoms with Crippen LogP contribution in [-0.4, -0.2) is 41.4 Å². The molecule has 8 heteroatoms. The van der Waals surface area contributed by atoms with E-state index in [1.807, 2.05) is 38.1 Å². The largest absolute Gasteiger partial charge is 0.382 e. The number of hydrogen-bond donors (Lipinski definition) is 1. The lowest BCUT2D eigenvalue weighted by Crippen LogP contribution is -2.34. The highest BCUT2D eigenvalue weighted by Gasteiger charge is 2.39. The summed E-state index contributed by atoms with van der Waals surface area (Å²) < 4.78 is 5.30. The van der Waals surface area contributed by atoms with E-state index in [1.165, 1.54) is 29.2 Å². The van der Waals surface area contributed by atoms with E-state index in [2.05, 4.69) is 5.32 Å². The van der Waals surface area contributed by atoms with Gasteiger partial charge in [-0.05, 0) is 50.1 Å². The molecular formula is C22H23N3O5. The predicted molar refractivity (Wildman–Crippen MR) is 113 cm³/mol. The smallest absolute Gasteiger partial charge is 0.278 e. The number of nitrogens with zero attached hydrogens (tertiary/aromatic N) is 2. The van der Waals surface area contributed by atoms with Gasteiger partial charge in [0, 0.05) is 37.6 Å². The molecule has 0 fully saturated rings. The SMILES string of the molecule is CCOCCCN1C(=O)C(Nc2ccc(C)cc2)=C(c2ccc([N+](=O)[O-])cc2)C1=O. The van der Waals surface area contributed by atoms with Crippen LogP contribution in [0.5, 0.6) is 0 Å². The molecule has 0 atom stereocenters. The fourth-order valence-electron chi connectivity index (χ4n) is 3.16. The number of anilines is 1. The maximum atomic E-state index is 13.1. The molecule has 3 rings (SSSR count). The third-order valence-electron chi connectivity index (χ3n) is 4.73. The van der Waals surface area contributed by atoms with Crippen LogP contribution in [0.4, 0.5) is 11.4 Å². The lowest BCUT2D eigenvalue weighted by atomic mass is 10.0. The molecule has 0 aliphatic carbocycles. The molecule has 0 spiro atoms. The van der Waals surface area contributed by atoms with Crippen molar-refractivity contribution in [1.29, 1.82) is 0 Å². The first-order valence-electron chi connectivity index (χ1n) is 9.69. The van der Waals surface area contributed by atoms with Crippen molar-refractivity contribution in [2.75, 3.05) is 25.1 Å². The van der Waals surface area contributed by atoms with Crippen molar-refractivity contribution in [2.24, 2.45) is 0 Å². The number of nitrogens with one attached hydrogen (secondary N) is 1. The Balaban J connectivity index is 1.94. The van der Waals surface area contributed by atoms with Crippen LogP contribution in [0.1, 0.15) is 24.5 Å². The summed E-state index contributed by atoms with van der Waals surface area (Å²) in [4.78, 5) is 37.8. The van der Waals surface area contributed by atoms with Crippen LogP contribution in [0, 0.1) is 17.0 Å². The molecule has 1 N–H and O–H groups in total. The third kappa shape index (κ3) is 4.55. The summed E-state index contributed by atoms with van der Waals surface area (Å²) in [6, 6.07) is 13.1. The molecule has 30 heavy (non-hydrogen) atoms. The van der Waals surface area contributed by atoms with Gasteiger partial charge in [0.1, 0.15) is 5.70 Å². The van der Waals surface area contributed by atoms with Crippen LogP contribution in [0.3, 0.4) is 0 Å². The first-order valence-corrected chi connectivity index (χ1v) is 9.69. The Hall–Kier alpha value is -3.52. The average Bonchev–Trinajstić information content (AvgIpc) is 2.96. The Morgan fingerprint density at radius 3 is 2.30 bits per heavy atom. The molecule has 0 saturated heterocycles. The Bertz CT molecular complexity index is 981. The molecule has 156 valence electrons.